The summed E-state index contributed by atoms with van der Waals surface area (Å²) in [7, 11) is 0. The van der Waals surface area contributed by atoms with Gasteiger partial charge in [0.05, 0.1) is 16.9 Å². The van der Waals surface area contributed by atoms with E-state index in [1.165, 1.54) is 0 Å². The van der Waals surface area contributed by atoms with Crippen LogP contribution in [0, 0.1) is 0 Å². The molecule has 11 rings (SSSR count). The number of allylic oxidation sites excluding steroid dienone is 1. The normalized spacial score (nSPS) is 14.5. The van der Waals surface area contributed by atoms with Gasteiger partial charge < -0.3 is 14.2 Å². The number of hydrogen-bond donors (Lipinski definition) is 1. The zero-order valence-electron chi connectivity index (χ0n) is 28.9. The minimum absolute atomic E-state index is 0.280. The molecule has 54 heavy (non-hydrogen) atoms. The Bertz CT molecular complexity index is 3120. The topological polar surface area (TPSA) is 76.5 Å². The molecular weight excluding hydrogens is 665 g/mol. The summed E-state index contributed by atoms with van der Waals surface area (Å²) in [5, 5.41) is 9.00. The molecule has 6 heteroatoms. The predicted octanol–water partition coefficient (Wildman–Crippen LogP) is 11.9. The summed E-state index contributed by atoms with van der Waals surface area (Å²) in [4.78, 5) is 15.5. The maximum Gasteiger partial charge on any atom is 0.227 e. The van der Waals surface area contributed by atoms with E-state index in [-0.39, 0.29) is 6.17 Å². The first-order valence-electron chi connectivity index (χ1n) is 18.0. The van der Waals surface area contributed by atoms with Gasteiger partial charge in [-0.3, -0.25) is 4.99 Å². The number of hydrogen-bond acceptors (Lipinski definition) is 6. The molecule has 0 fully saturated rings. The molecule has 0 radical (unpaired) electrons. The molecule has 1 unspecified atom stereocenters. The van der Waals surface area contributed by atoms with Crippen LogP contribution in [0.5, 0.6) is 0 Å². The van der Waals surface area contributed by atoms with Gasteiger partial charge in [-0.25, -0.2) is 9.97 Å². The predicted molar refractivity (Wildman–Crippen MR) is 218 cm³/mol. The van der Waals surface area contributed by atoms with Crippen molar-refractivity contribution in [1.29, 1.82) is 0 Å². The van der Waals surface area contributed by atoms with Crippen molar-refractivity contribution in [1.82, 2.24) is 15.3 Å². The number of para-hydroxylation sites is 3. The number of benzene rings is 7. The maximum atomic E-state index is 6.46. The van der Waals surface area contributed by atoms with E-state index in [4.69, 9.17) is 23.8 Å². The fourth-order valence-corrected chi connectivity index (χ4v) is 7.75. The van der Waals surface area contributed by atoms with Crippen LogP contribution in [0.3, 0.4) is 0 Å². The summed E-state index contributed by atoms with van der Waals surface area (Å²) >= 11 is 0. The van der Waals surface area contributed by atoms with E-state index >= 15 is 0 Å². The summed E-state index contributed by atoms with van der Waals surface area (Å²) in [5.41, 5.74) is 12.0. The molecule has 0 saturated heterocycles. The monoisotopic (exact) mass is 694 g/mol. The van der Waals surface area contributed by atoms with Crippen molar-refractivity contribution in [3.8, 4) is 22.7 Å². The number of nitrogens with one attached hydrogen (secondary N) is 1. The Hall–Kier alpha value is -7.31. The van der Waals surface area contributed by atoms with E-state index in [9.17, 15) is 0 Å². The number of fused-ring (bicyclic) bond motifs is 8. The molecule has 0 amide bonds. The number of pyridine rings is 1. The third-order valence-corrected chi connectivity index (χ3v) is 10.3. The zero-order chi connectivity index (χ0) is 35.6. The van der Waals surface area contributed by atoms with Gasteiger partial charge in [-0.05, 0) is 59.7 Å². The first-order valence-corrected chi connectivity index (χ1v) is 18.0. The summed E-state index contributed by atoms with van der Waals surface area (Å²) in [6.07, 6.45) is 1.85. The van der Waals surface area contributed by atoms with Crippen LogP contribution in [0.15, 0.2) is 184 Å². The number of rotatable bonds is 5. The van der Waals surface area contributed by atoms with E-state index in [2.05, 4.69) is 108 Å². The van der Waals surface area contributed by atoms with Crippen molar-refractivity contribution in [2.45, 2.75) is 6.17 Å². The van der Waals surface area contributed by atoms with Gasteiger partial charge in [0.25, 0.3) is 0 Å². The van der Waals surface area contributed by atoms with Gasteiger partial charge in [0.1, 0.15) is 22.8 Å². The quantitative estimate of drug-likeness (QED) is 0.182. The Balaban J connectivity index is 1.04. The van der Waals surface area contributed by atoms with E-state index in [0.29, 0.717) is 5.89 Å². The number of nitrogens with zero attached hydrogens (tertiary/aromatic N) is 3. The molecule has 1 N–H and O–H groups in total. The molecule has 7 aromatic carbocycles. The van der Waals surface area contributed by atoms with Crippen molar-refractivity contribution in [3.63, 3.8) is 0 Å². The lowest BCUT2D eigenvalue weighted by molar-refractivity contribution is 0.620. The van der Waals surface area contributed by atoms with Gasteiger partial charge in [0.2, 0.25) is 5.89 Å². The summed E-state index contributed by atoms with van der Waals surface area (Å²) in [6, 6.07) is 55.8. The van der Waals surface area contributed by atoms with Crippen LogP contribution >= 0.6 is 0 Å². The van der Waals surface area contributed by atoms with Crippen LogP contribution in [0.25, 0.3) is 83.1 Å². The lowest BCUT2D eigenvalue weighted by Crippen LogP contribution is -2.24. The smallest absolute Gasteiger partial charge is 0.227 e. The second-order valence-electron chi connectivity index (χ2n) is 13.6. The molecule has 254 valence electrons. The van der Waals surface area contributed by atoms with Crippen molar-refractivity contribution >= 4 is 66.1 Å². The molecule has 0 spiro atoms. The fraction of sp³-hybridized carbons (Fsp3) is 0.0208. The van der Waals surface area contributed by atoms with E-state index in [1.807, 2.05) is 66.7 Å². The molecule has 1 aliphatic heterocycles. The number of furan rings is 1. The zero-order valence-corrected chi connectivity index (χ0v) is 28.9. The fourth-order valence-electron chi connectivity index (χ4n) is 7.75. The van der Waals surface area contributed by atoms with Crippen LogP contribution in [-0.2, 0) is 0 Å². The van der Waals surface area contributed by atoms with E-state index < -0.39 is 0 Å². The van der Waals surface area contributed by atoms with E-state index in [1.54, 1.807) is 0 Å². The Morgan fingerprint density at radius 3 is 2.07 bits per heavy atom. The second-order valence-corrected chi connectivity index (χ2v) is 13.6. The molecule has 1 aliphatic rings. The average molecular weight is 695 g/mol. The Kier molecular flexibility index (Phi) is 6.82. The molecule has 6 nitrogen and oxygen atoms in total. The van der Waals surface area contributed by atoms with Crippen LogP contribution in [0.4, 0.5) is 0 Å². The molecule has 1 atom stereocenters. The third kappa shape index (κ3) is 4.92. The molecule has 0 saturated carbocycles. The van der Waals surface area contributed by atoms with Crippen molar-refractivity contribution in [2.75, 3.05) is 0 Å². The molecular formula is C48H30N4O2. The Labute approximate surface area is 309 Å². The first kappa shape index (κ1) is 30.3. The van der Waals surface area contributed by atoms with Gasteiger partial charge in [0.15, 0.2) is 5.58 Å². The summed E-state index contributed by atoms with van der Waals surface area (Å²) in [6.45, 7) is 0. The van der Waals surface area contributed by atoms with Crippen molar-refractivity contribution in [3.05, 3.63) is 187 Å². The third-order valence-electron chi connectivity index (χ3n) is 10.3. The number of aliphatic imine (C=N–C) groups is 1. The van der Waals surface area contributed by atoms with Crippen molar-refractivity contribution in [2.24, 2.45) is 4.99 Å². The lowest BCUT2D eigenvalue weighted by Gasteiger charge is -2.25. The van der Waals surface area contributed by atoms with Gasteiger partial charge in [0, 0.05) is 49.3 Å². The van der Waals surface area contributed by atoms with Crippen LogP contribution in [0.2, 0.25) is 0 Å². The lowest BCUT2D eigenvalue weighted by atomic mass is 9.97. The molecule has 0 bridgehead atoms. The SMILES string of the molecule is C1=C(c2cccc3c2oc2ccccc23)NC(c2ccccc2)N=C1c1ccc(-c2nc3ccccc3c3c2ccc2oc(-c4ccccc4)nc23)cc1. The van der Waals surface area contributed by atoms with Crippen LogP contribution < -0.4 is 5.32 Å². The number of aromatic nitrogens is 2. The highest BCUT2D eigenvalue weighted by molar-refractivity contribution is 6.21. The Morgan fingerprint density at radius 1 is 0.500 bits per heavy atom. The highest BCUT2D eigenvalue weighted by Crippen LogP contribution is 2.39. The van der Waals surface area contributed by atoms with Gasteiger partial charge in [-0.15, -0.1) is 0 Å². The second kappa shape index (κ2) is 12.1. The first-order chi connectivity index (χ1) is 26.7. The van der Waals surface area contributed by atoms with Crippen LogP contribution in [-0.4, -0.2) is 15.7 Å². The minimum atomic E-state index is -0.280. The average Bonchev–Trinajstić information content (AvgIpc) is 3.86. The minimum Gasteiger partial charge on any atom is -0.455 e. The van der Waals surface area contributed by atoms with Gasteiger partial charge in [-0.1, -0.05) is 121 Å². The highest BCUT2D eigenvalue weighted by atomic mass is 16.3. The number of oxazole rings is 1. The molecule has 10 aromatic rings. The molecule has 3 aromatic heterocycles. The highest BCUT2D eigenvalue weighted by Gasteiger charge is 2.23. The van der Waals surface area contributed by atoms with Gasteiger partial charge >= 0.3 is 0 Å². The molecule has 0 aliphatic carbocycles. The van der Waals surface area contributed by atoms with Gasteiger partial charge in [-0.2, -0.15) is 0 Å². The van der Waals surface area contributed by atoms with E-state index in [0.717, 1.165) is 99.6 Å². The van der Waals surface area contributed by atoms with Crippen LogP contribution in [0.1, 0.15) is 22.9 Å². The largest absolute Gasteiger partial charge is 0.455 e. The summed E-state index contributed by atoms with van der Waals surface area (Å²) in [5.74, 6) is 0.602. The maximum absolute atomic E-state index is 6.46. The Morgan fingerprint density at radius 2 is 1.22 bits per heavy atom. The summed E-state index contributed by atoms with van der Waals surface area (Å²) < 4.78 is 12.8. The molecule has 4 heterocycles. The van der Waals surface area contributed by atoms with Crippen molar-refractivity contribution < 1.29 is 8.83 Å². The standard InChI is InChI=1S/C48H30N4O2/c1-3-12-31(13-4-1)47-50-39(28-40(51-47)36-19-11-18-34-33-16-8-10-21-41(33)53-46(34)36)29-22-24-30(25-23-29)44-37-26-27-42-45(43(37)35-17-7-9-20-38(35)49-44)52-48(54-42)32-14-5-2-6-15-32/h1-28,47,51H.